The minimum Gasteiger partial charge on any atom is -0.348 e. The van der Waals surface area contributed by atoms with Gasteiger partial charge < -0.3 is 5.32 Å². The Balaban J connectivity index is 1.70. The molecule has 0 aromatic carbocycles. The number of aromatic nitrogens is 2. The van der Waals surface area contributed by atoms with E-state index in [4.69, 9.17) is 4.98 Å². The first kappa shape index (κ1) is 17.7. The third-order valence-electron chi connectivity index (χ3n) is 6.05. The molecule has 26 heavy (non-hydrogen) atoms. The van der Waals surface area contributed by atoms with Gasteiger partial charge in [0.2, 0.25) is 0 Å². The van der Waals surface area contributed by atoms with Gasteiger partial charge in [-0.1, -0.05) is 26.2 Å². The molecule has 1 fully saturated rings. The van der Waals surface area contributed by atoms with Gasteiger partial charge in [0.25, 0.3) is 11.5 Å². The van der Waals surface area contributed by atoms with Gasteiger partial charge in [0, 0.05) is 19.0 Å². The third-order valence-corrected chi connectivity index (χ3v) is 7.23. The normalized spacial score (nSPS) is 23.5. The summed E-state index contributed by atoms with van der Waals surface area (Å²) in [6, 6.07) is 0.242. The van der Waals surface area contributed by atoms with Crippen LogP contribution >= 0.6 is 11.3 Å². The molecule has 0 saturated heterocycles. The van der Waals surface area contributed by atoms with Crippen molar-refractivity contribution in [2.45, 2.75) is 77.8 Å². The van der Waals surface area contributed by atoms with Gasteiger partial charge in [0.05, 0.1) is 10.3 Å². The van der Waals surface area contributed by atoms with E-state index in [-0.39, 0.29) is 17.5 Å². The second-order valence-corrected chi connectivity index (χ2v) is 8.87. The van der Waals surface area contributed by atoms with Crippen LogP contribution in [0.15, 0.2) is 4.79 Å². The zero-order valence-electron chi connectivity index (χ0n) is 15.6. The molecule has 1 saturated carbocycles. The molecule has 0 bridgehead atoms. The monoisotopic (exact) mass is 373 g/mol. The molecule has 140 valence electrons. The molecule has 0 spiro atoms. The number of carbonyl (C=O) groups excluding carboxylic acids is 1. The molecule has 1 aliphatic carbocycles. The maximum absolute atomic E-state index is 13.0. The number of nitrogens with zero attached hydrogens (tertiary/aromatic N) is 2. The molecule has 2 aliphatic rings. The average molecular weight is 374 g/mol. The number of amides is 1. The second kappa shape index (κ2) is 7.14. The van der Waals surface area contributed by atoms with Crippen LogP contribution in [0.1, 0.15) is 72.9 Å². The predicted octanol–water partition coefficient (Wildman–Crippen LogP) is 3.80. The van der Waals surface area contributed by atoms with E-state index in [0.717, 1.165) is 54.9 Å². The van der Waals surface area contributed by atoms with Crippen molar-refractivity contribution in [1.82, 2.24) is 14.9 Å². The lowest BCUT2D eigenvalue weighted by molar-refractivity contribution is 0.0914. The van der Waals surface area contributed by atoms with E-state index in [1.165, 1.54) is 30.6 Å². The van der Waals surface area contributed by atoms with Gasteiger partial charge in [-0.15, -0.1) is 11.3 Å². The molecule has 0 radical (unpaired) electrons. The standard InChI is InChI=1S/C20H27N3O2S/c1-12-8-5-6-9-14(12)21-18(24)17-13(2)16-19(26-17)22-15-10-4-3-7-11-23(15)20(16)25/h12,14H,3-11H2,1-2H3,(H,21,24). The summed E-state index contributed by atoms with van der Waals surface area (Å²) in [7, 11) is 0. The van der Waals surface area contributed by atoms with Crippen molar-refractivity contribution in [1.29, 1.82) is 0 Å². The Morgan fingerprint density at radius 2 is 2.00 bits per heavy atom. The fourth-order valence-corrected chi connectivity index (χ4v) is 5.48. The lowest BCUT2D eigenvalue weighted by Gasteiger charge is -2.29. The Bertz CT molecular complexity index is 899. The molecule has 6 heteroatoms. The van der Waals surface area contributed by atoms with Gasteiger partial charge in [-0.2, -0.15) is 0 Å². The SMILES string of the molecule is Cc1c(C(=O)NC2CCCCC2C)sc2nc3n(c(=O)c12)CCCCC3. The van der Waals surface area contributed by atoms with Crippen molar-refractivity contribution in [2.75, 3.05) is 0 Å². The van der Waals surface area contributed by atoms with Crippen molar-refractivity contribution in [3.05, 3.63) is 26.6 Å². The van der Waals surface area contributed by atoms with Crippen molar-refractivity contribution >= 4 is 27.5 Å². The van der Waals surface area contributed by atoms with Gasteiger partial charge in [0.15, 0.2) is 0 Å². The number of aryl methyl sites for hydroxylation is 2. The topological polar surface area (TPSA) is 64.0 Å². The largest absolute Gasteiger partial charge is 0.348 e. The van der Waals surface area contributed by atoms with E-state index in [1.54, 1.807) is 0 Å². The number of fused-ring (bicyclic) bond motifs is 2. The molecule has 4 rings (SSSR count). The van der Waals surface area contributed by atoms with E-state index >= 15 is 0 Å². The molecule has 2 atom stereocenters. The molecular weight excluding hydrogens is 346 g/mol. The number of hydrogen-bond acceptors (Lipinski definition) is 4. The number of carbonyl (C=O) groups is 1. The number of hydrogen-bond donors (Lipinski definition) is 1. The van der Waals surface area contributed by atoms with E-state index in [0.29, 0.717) is 16.2 Å². The Morgan fingerprint density at radius 3 is 2.81 bits per heavy atom. The van der Waals surface area contributed by atoms with Crippen LogP contribution in [-0.4, -0.2) is 21.5 Å². The number of nitrogens with one attached hydrogen (secondary N) is 1. The highest BCUT2D eigenvalue weighted by molar-refractivity contribution is 7.20. The highest BCUT2D eigenvalue weighted by Crippen LogP contribution is 2.30. The highest BCUT2D eigenvalue weighted by atomic mass is 32.1. The summed E-state index contributed by atoms with van der Waals surface area (Å²) in [5.74, 6) is 1.36. The zero-order chi connectivity index (χ0) is 18.3. The van der Waals surface area contributed by atoms with Crippen LogP contribution in [0, 0.1) is 12.8 Å². The number of rotatable bonds is 2. The minimum absolute atomic E-state index is 0.0331. The Labute approximate surface area is 157 Å². The van der Waals surface area contributed by atoms with Crippen molar-refractivity contribution in [2.24, 2.45) is 5.92 Å². The second-order valence-electron chi connectivity index (χ2n) is 7.87. The molecule has 5 nitrogen and oxygen atoms in total. The van der Waals surface area contributed by atoms with Crippen molar-refractivity contribution < 1.29 is 4.79 Å². The van der Waals surface area contributed by atoms with Crippen LogP contribution < -0.4 is 10.9 Å². The van der Waals surface area contributed by atoms with Crippen molar-refractivity contribution in [3.8, 4) is 0 Å². The summed E-state index contributed by atoms with van der Waals surface area (Å²) in [6.07, 6.45) is 8.74. The van der Waals surface area contributed by atoms with Gasteiger partial charge in [-0.3, -0.25) is 14.2 Å². The van der Waals surface area contributed by atoms with Gasteiger partial charge >= 0.3 is 0 Å². The number of thiophene rings is 1. The Morgan fingerprint density at radius 1 is 1.19 bits per heavy atom. The maximum Gasteiger partial charge on any atom is 0.262 e. The fraction of sp³-hybridized carbons (Fsp3) is 0.650. The summed E-state index contributed by atoms with van der Waals surface area (Å²) in [4.78, 5) is 32.1. The van der Waals surface area contributed by atoms with E-state index in [1.807, 2.05) is 11.5 Å². The third kappa shape index (κ3) is 3.08. The molecule has 3 heterocycles. The first-order chi connectivity index (χ1) is 12.6. The van der Waals surface area contributed by atoms with Crippen LogP contribution in [-0.2, 0) is 13.0 Å². The maximum atomic E-state index is 13.0. The zero-order valence-corrected chi connectivity index (χ0v) is 16.5. The molecule has 2 aromatic heterocycles. The summed E-state index contributed by atoms with van der Waals surface area (Å²) in [6.45, 7) is 4.85. The van der Waals surface area contributed by atoms with E-state index in [2.05, 4.69) is 12.2 Å². The molecule has 1 amide bonds. The smallest absolute Gasteiger partial charge is 0.262 e. The summed E-state index contributed by atoms with van der Waals surface area (Å²) >= 11 is 1.38. The van der Waals surface area contributed by atoms with Crippen LogP contribution in [0.4, 0.5) is 0 Å². The molecule has 2 unspecified atom stereocenters. The van der Waals surface area contributed by atoms with E-state index in [9.17, 15) is 9.59 Å². The van der Waals surface area contributed by atoms with Gasteiger partial charge in [0.1, 0.15) is 10.7 Å². The van der Waals surface area contributed by atoms with Crippen molar-refractivity contribution in [3.63, 3.8) is 0 Å². The lowest BCUT2D eigenvalue weighted by atomic mass is 9.86. The summed E-state index contributed by atoms with van der Waals surface area (Å²) in [5, 5.41) is 3.86. The minimum atomic E-state index is -0.0381. The average Bonchev–Trinajstić information content (AvgIpc) is 2.80. The Hall–Kier alpha value is -1.69. The van der Waals surface area contributed by atoms with Crippen LogP contribution in [0.5, 0.6) is 0 Å². The molecular formula is C20H27N3O2S. The Kier molecular flexibility index (Phi) is 4.86. The van der Waals surface area contributed by atoms with E-state index < -0.39 is 0 Å². The fourth-order valence-electron chi connectivity index (χ4n) is 4.39. The lowest BCUT2D eigenvalue weighted by Crippen LogP contribution is -2.41. The first-order valence-corrected chi connectivity index (χ1v) is 10.7. The summed E-state index contributed by atoms with van der Waals surface area (Å²) < 4.78 is 1.83. The quantitative estimate of drug-likeness (QED) is 0.871. The van der Waals surface area contributed by atoms with Gasteiger partial charge in [-0.05, 0) is 44.1 Å². The highest BCUT2D eigenvalue weighted by Gasteiger charge is 2.26. The van der Waals surface area contributed by atoms with Crippen LogP contribution in [0.3, 0.4) is 0 Å². The molecule has 2 aromatic rings. The van der Waals surface area contributed by atoms with Crippen LogP contribution in [0.2, 0.25) is 0 Å². The summed E-state index contributed by atoms with van der Waals surface area (Å²) in [5.41, 5.74) is 0.828. The van der Waals surface area contributed by atoms with Crippen LogP contribution in [0.25, 0.3) is 10.2 Å². The molecule has 1 N–H and O–H groups in total. The first-order valence-electron chi connectivity index (χ1n) is 9.90. The molecule has 1 aliphatic heterocycles. The van der Waals surface area contributed by atoms with Gasteiger partial charge in [-0.25, -0.2) is 4.98 Å². The predicted molar refractivity (Wildman–Crippen MR) is 105 cm³/mol.